The Morgan fingerprint density at radius 3 is 2.69 bits per heavy atom. The van der Waals surface area contributed by atoms with Crippen LogP contribution in [0.2, 0.25) is 0 Å². The molecule has 1 aliphatic heterocycles. The normalized spacial score (nSPS) is 14.7. The van der Waals surface area contributed by atoms with Gasteiger partial charge in [-0.2, -0.15) is 0 Å². The minimum atomic E-state index is 0.0566. The Bertz CT molecular complexity index is 742. The van der Waals surface area contributed by atoms with Crippen LogP contribution in [0.25, 0.3) is 0 Å². The van der Waals surface area contributed by atoms with Crippen LogP contribution < -0.4 is 20.1 Å². The monoisotopic (exact) mass is 373 g/mol. The number of hydrogen-bond acceptors (Lipinski definition) is 4. The lowest BCUT2D eigenvalue weighted by molar-refractivity contribution is 0.297. The zero-order valence-electron chi connectivity index (χ0n) is 15.7. The highest BCUT2D eigenvalue weighted by Gasteiger charge is 2.22. The highest BCUT2D eigenvalue weighted by atomic mass is 32.1. The number of guanidine groups is 1. The van der Waals surface area contributed by atoms with Gasteiger partial charge in [-0.25, -0.2) is 0 Å². The topological polar surface area (TPSA) is 54.9 Å². The predicted molar refractivity (Wildman–Crippen MR) is 108 cm³/mol. The molecule has 5 nitrogen and oxygen atoms in total. The molecular formula is C20H27N3O2S. The third-order valence-corrected chi connectivity index (χ3v) is 5.62. The van der Waals surface area contributed by atoms with Crippen molar-refractivity contribution in [1.29, 1.82) is 0 Å². The molecule has 0 unspecified atom stereocenters. The van der Waals surface area contributed by atoms with E-state index >= 15 is 0 Å². The molecule has 140 valence electrons. The number of benzene rings is 1. The van der Waals surface area contributed by atoms with E-state index < -0.39 is 0 Å². The minimum absolute atomic E-state index is 0.0566. The molecule has 0 atom stereocenters. The zero-order chi connectivity index (χ0) is 18.4. The average molecular weight is 374 g/mol. The fraction of sp³-hybridized carbons (Fsp3) is 0.450. The number of nitrogens with zero attached hydrogens (tertiary/aromatic N) is 1. The Labute approximate surface area is 159 Å². The highest BCUT2D eigenvalue weighted by molar-refractivity contribution is 7.10. The summed E-state index contributed by atoms with van der Waals surface area (Å²) in [6.07, 6.45) is 0.916. The second-order valence-corrected chi connectivity index (χ2v) is 7.92. The molecule has 1 aromatic heterocycles. The molecule has 0 saturated carbocycles. The molecule has 0 saturated heterocycles. The van der Waals surface area contributed by atoms with E-state index in [9.17, 15) is 0 Å². The van der Waals surface area contributed by atoms with Crippen molar-refractivity contribution in [1.82, 2.24) is 10.6 Å². The summed E-state index contributed by atoms with van der Waals surface area (Å²) < 4.78 is 11.4. The fourth-order valence-corrected chi connectivity index (χ4v) is 3.63. The van der Waals surface area contributed by atoms with E-state index in [1.54, 1.807) is 18.4 Å². The fourth-order valence-electron chi connectivity index (χ4n) is 2.78. The standard InChI is InChI=1S/C20H27N3O2S/c1-20(2,18-6-4-11-26-18)14-23-19(21-3)22-13-15-7-8-16-17(12-15)25-10-5-9-24-16/h4,6-8,11-12H,5,9-10,13-14H2,1-3H3,(H2,21,22,23). The number of ether oxygens (including phenoxy) is 2. The summed E-state index contributed by atoms with van der Waals surface area (Å²) in [7, 11) is 1.79. The first-order valence-corrected chi connectivity index (χ1v) is 9.83. The second-order valence-electron chi connectivity index (χ2n) is 6.97. The van der Waals surface area contributed by atoms with Crippen molar-refractivity contribution in [2.75, 3.05) is 26.8 Å². The molecule has 1 aliphatic rings. The molecular weight excluding hydrogens is 346 g/mol. The van der Waals surface area contributed by atoms with Gasteiger partial charge in [-0.1, -0.05) is 26.0 Å². The third-order valence-electron chi connectivity index (χ3n) is 4.38. The zero-order valence-corrected chi connectivity index (χ0v) is 16.5. The smallest absolute Gasteiger partial charge is 0.191 e. The van der Waals surface area contributed by atoms with Crippen molar-refractivity contribution in [3.8, 4) is 11.5 Å². The number of nitrogens with one attached hydrogen (secondary N) is 2. The lowest BCUT2D eigenvalue weighted by atomic mass is 9.91. The summed E-state index contributed by atoms with van der Waals surface area (Å²) >= 11 is 1.79. The van der Waals surface area contributed by atoms with Crippen molar-refractivity contribution in [3.63, 3.8) is 0 Å². The van der Waals surface area contributed by atoms with Crippen LogP contribution in [0.15, 0.2) is 40.7 Å². The summed E-state index contributed by atoms with van der Waals surface area (Å²) in [5.74, 6) is 2.44. The number of aliphatic imine (C=N–C) groups is 1. The Morgan fingerprint density at radius 2 is 1.96 bits per heavy atom. The van der Waals surface area contributed by atoms with Gasteiger partial charge in [0.05, 0.1) is 13.2 Å². The molecule has 1 aromatic carbocycles. The summed E-state index contributed by atoms with van der Waals surface area (Å²) in [5, 5.41) is 8.92. The van der Waals surface area contributed by atoms with Gasteiger partial charge in [0, 0.05) is 36.9 Å². The summed E-state index contributed by atoms with van der Waals surface area (Å²) in [6, 6.07) is 10.4. The first-order valence-electron chi connectivity index (χ1n) is 8.95. The van der Waals surface area contributed by atoms with Crippen molar-refractivity contribution < 1.29 is 9.47 Å². The van der Waals surface area contributed by atoms with Crippen LogP contribution in [-0.4, -0.2) is 32.8 Å². The van der Waals surface area contributed by atoms with Crippen LogP contribution in [0, 0.1) is 0 Å². The van der Waals surface area contributed by atoms with E-state index in [2.05, 4.69) is 53.1 Å². The number of rotatable bonds is 5. The van der Waals surface area contributed by atoms with Crippen molar-refractivity contribution in [2.45, 2.75) is 32.2 Å². The molecule has 0 fully saturated rings. The molecule has 3 rings (SSSR count). The van der Waals surface area contributed by atoms with E-state index in [0.717, 1.165) is 36.0 Å². The molecule has 2 aromatic rings. The Kier molecular flexibility index (Phi) is 6.04. The molecule has 0 bridgehead atoms. The Balaban J connectivity index is 1.55. The van der Waals surface area contributed by atoms with Crippen LogP contribution in [0.4, 0.5) is 0 Å². The van der Waals surface area contributed by atoms with Crippen molar-refractivity contribution in [2.24, 2.45) is 4.99 Å². The van der Waals surface area contributed by atoms with Gasteiger partial charge >= 0.3 is 0 Å². The lowest BCUT2D eigenvalue weighted by Gasteiger charge is -2.25. The first kappa shape index (κ1) is 18.6. The van der Waals surface area contributed by atoms with Crippen LogP contribution in [0.3, 0.4) is 0 Å². The van der Waals surface area contributed by atoms with Gasteiger partial charge in [-0.15, -0.1) is 11.3 Å². The van der Waals surface area contributed by atoms with E-state index in [1.807, 2.05) is 12.1 Å². The maximum atomic E-state index is 5.76. The minimum Gasteiger partial charge on any atom is -0.490 e. The summed E-state index contributed by atoms with van der Waals surface area (Å²) in [6.45, 7) is 7.38. The van der Waals surface area contributed by atoms with Gasteiger partial charge in [0.2, 0.25) is 0 Å². The molecule has 2 N–H and O–H groups in total. The number of fused-ring (bicyclic) bond motifs is 1. The van der Waals surface area contributed by atoms with Gasteiger partial charge in [-0.3, -0.25) is 4.99 Å². The van der Waals surface area contributed by atoms with Crippen molar-refractivity contribution >= 4 is 17.3 Å². The van der Waals surface area contributed by atoms with Crippen LogP contribution in [0.1, 0.15) is 30.7 Å². The van der Waals surface area contributed by atoms with Gasteiger partial charge in [0.15, 0.2) is 17.5 Å². The molecule has 0 aliphatic carbocycles. The van der Waals surface area contributed by atoms with Gasteiger partial charge in [0.1, 0.15) is 0 Å². The molecule has 2 heterocycles. The predicted octanol–water partition coefficient (Wildman–Crippen LogP) is 3.55. The Morgan fingerprint density at radius 1 is 1.15 bits per heavy atom. The van der Waals surface area contributed by atoms with Gasteiger partial charge in [-0.05, 0) is 29.1 Å². The van der Waals surface area contributed by atoms with Crippen molar-refractivity contribution in [3.05, 3.63) is 46.2 Å². The Hall–Kier alpha value is -2.21. The SMILES string of the molecule is CN=C(NCc1ccc2c(c1)OCCCO2)NCC(C)(C)c1cccs1. The molecule has 0 spiro atoms. The lowest BCUT2D eigenvalue weighted by Crippen LogP contribution is -2.42. The molecule has 6 heteroatoms. The maximum absolute atomic E-state index is 5.76. The quantitative estimate of drug-likeness (QED) is 0.622. The van der Waals surface area contributed by atoms with E-state index in [0.29, 0.717) is 19.8 Å². The maximum Gasteiger partial charge on any atom is 0.191 e. The molecule has 0 amide bonds. The van der Waals surface area contributed by atoms with Crippen LogP contribution in [-0.2, 0) is 12.0 Å². The van der Waals surface area contributed by atoms with Crippen LogP contribution in [0.5, 0.6) is 11.5 Å². The van der Waals surface area contributed by atoms with Gasteiger partial charge < -0.3 is 20.1 Å². The summed E-state index contributed by atoms with van der Waals surface area (Å²) in [4.78, 5) is 5.70. The second kappa shape index (κ2) is 8.45. The highest BCUT2D eigenvalue weighted by Crippen LogP contribution is 2.30. The van der Waals surface area contributed by atoms with Crippen LogP contribution >= 0.6 is 11.3 Å². The number of thiophene rings is 1. The average Bonchev–Trinajstić information content (AvgIpc) is 3.09. The van der Waals surface area contributed by atoms with E-state index in [-0.39, 0.29) is 5.41 Å². The largest absolute Gasteiger partial charge is 0.490 e. The van der Waals surface area contributed by atoms with E-state index in [4.69, 9.17) is 9.47 Å². The first-order chi connectivity index (χ1) is 12.6. The summed E-state index contributed by atoms with van der Waals surface area (Å²) in [5.41, 5.74) is 1.19. The van der Waals surface area contributed by atoms with E-state index in [1.165, 1.54) is 4.88 Å². The van der Waals surface area contributed by atoms with Gasteiger partial charge in [0.25, 0.3) is 0 Å². The third kappa shape index (κ3) is 4.69. The number of hydrogen-bond donors (Lipinski definition) is 2. The molecule has 26 heavy (non-hydrogen) atoms. The molecule has 0 radical (unpaired) electrons.